The number of aromatic nitrogens is 1. The number of carboxylic acids is 1. The van der Waals surface area contributed by atoms with E-state index in [1.54, 1.807) is 11.7 Å². The van der Waals surface area contributed by atoms with Gasteiger partial charge in [0.1, 0.15) is 11.3 Å². The molecule has 0 bridgehead atoms. The van der Waals surface area contributed by atoms with Crippen molar-refractivity contribution in [1.82, 2.24) is 4.57 Å². The van der Waals surface area contributed by atoms with Crippen molar-refractivity contribution in [2.45, 2.75) is 64.8 Å². The SMILES string of the molecule is COCCCOc1cc2c(cc1C1CCC1)-c1c(F)c(=O)c(C(=O)O)cn1[C@H](C(C)(C)C)C2. The van der Waals surface area contributed by atoms with E-state index in [1.807, 2.05) is 32.9 Å². The van der Waals surface area contributed by atoms with Crippen molar-refractivity contribution in [2.24, 2.45) is 5.41 Å². The highest BCUT2D eigenvalue weighted by Gasteiger charge is 2.37. The second kappa shape index (κ2) is 8.93. The average Bonchev–Trinajstić information content (AvgIpc) is 2.70. The monoisotopic (exact) mass is 457 g/mol. The van der Waals surface area contributed by atoms with Crippen LogP contribution >= 0.6 is 0 Å². The zero-order chi connectivity index (χ0) is 23.9. The first-order valence-corrected chi connectivity index (χ1v) is 11.6. The third-order valence-electron chi connectivity index (χ3n) is 6.94. The zero-order valence-electron chi connectivity index (χ0n) is 19.7. The lowest BCUT2D eigenvalue weighted by Gasteiger charge is -2.40. The van der Waals surface area contributed by atoms with Gasteiger partial charge in [-0.2, -0.15) is 0 Å². The Morgan fingerprint density at radius 1 is 1.24 bits per heavy atom. The Morgan fingerprint density at radius 3 is 2.55 bits per heavy atom. The van der Waals surface area contributed by atoms with Gasteiger partial charge >= 0.3 is 5.97 Å². The molecule has 1 aliphatic carbocycles. The molecule has 6 nitrogen and oxygen atoms in total. The molecule has 4 rings (SSSR count). The van der Waals surface area contributed by atoms with Gasteiger partial charge in [0, 0.05) is 37.9 Å². The first kappa shape index (κ1) is 23.5. The van der Waals surface area contributed by atoms with E-state index in [2.05, 4.69) is 0 Å². The molecule has 1 saturated carbocycles. The van der Waals surface area contributed by atoms with Gasteiger partial charge in [0.25, 0.3) is 0 Å². The highest BCUT2D eigenvalue weighted by atomic mass is 19.1. The Bertz CT molecular complexity index is 1130. The molecule has 2 aliphatic rings. The molecular formula is C26H32FNO5. The van der Waals surface area contributed by atoms with E-state index in [0.29, 0.717) is 31.1 Å². The molecule has 2 aromatic rings. The van der Waals surface area contributed by atoms with Crippen LogP contribution in [0.25, 0.3) is 11.3 Å². The van der Waals surface area contributed by atoms with Gasteiger partial charge in [-0.05, 0) is 53.9 Å². The minimum atomic E-state index is -1.41. The van der Waals surface area contributed by atoms with Crippen LogP contribution in [0.3, 0.4) is 0 Å². The van der Waals surface area contributed by atoms with E-state index < -0.39 is 22.8 Å². The fraction of sp³-hybridized carbons (Fsp3) is 0.538. The van der Waals surface area contributed by atoms with Crippen LogP contribution in [-0.2, 0) is 11.2 Å². The number of fused-ring (bicyclic) bond motifs is 3. The van der Waals surface area contributed by atoms with E-state index in [-0.39, 0.29) is 17.2 Å². The van der Waals surface area contributed by atoms with Crippen LogP contribution in [0.2, 0.25) is 0 Å². The largest absolute Gasteiger partial charge is 0.493 e. The van der Waals surface area contributed by atoms with Crippen molar-refractivity contribution in [3.05, 3.63) is 51.1 Å². The van der Waals surface area contributed by atoms with Gasteiger partial charge < -0.3 is 19.1 Å². The number of carboxylic acid groups (broad SMARTS) is 1. The van der Waals surface area contributed by atoms with Gasteiger partial charge in [-0.1, -0.05) is 27.2 Å². The maximum Gasteiger partial charge on any atom is 0.341 e. The molecule has 0 saturated heterocycles. The lowest BCUT2D eigenvalue weighted by molar-refractivity contribution is 0.0692. The second-order valence-electron chi connectivity index (χ2n) is 10.2. The van der Waals surface area contributed by atoms with Crippen LogP contribution in [0, 0.1) is 11.2 Å². The molecule has 33 heavy (non-hydrogen) atoms. The number of nitrogens with zero attached hydrogens (tertiary/aromatic N) is 1. The summed E-state index contributed by atoms with van der Waals surface area (Å²) in [5.74, 6) is -1.25. The number of hydrogen-bond acceptors (Lipinski definition) is 4. The molecule has 1 aromatic carbocycles. The number of ether oxygens (including phenoxy) is 2. The smallest absolute Gasteiger partial charge is 0.341 e. The fourth-order valence-electron chi connectivity index (χ4n) is 4.86. The first-order chi connectivity index (χ1) is 15.6. The van der Waals surface area contributed by atoms with Gasteiger partial charge in [-0.25, -0.2) is 9.18 Å². The molecule has 178 valence electrons. The summed E-state index contributed by atoms with van der Waals surface area (Å²) in [5.41, 5.74) is 0.889. The topological polar surface area (TPSA) is 77.8 Å². The van der Waals surface area contributed by atoms with Gasteiger partial charge in [0.2, 0.25) is 5.43 Å². The predicted molar refractivity (Wildman–Crippen MR) is 124 cm³/mol. The van der Waals surface area contributed by atoms with Crippen molar-refractivity contribution >= 4 is 5.97 Å². The molecule has 0 radical (unpaired) electrons. The number of pyridine rings is 1. The standard InChI is InChI=1S/C26H32FNO5/c1-26(2,3)21-12-16-11-20(33-10-6-9-32-4)17(15-7-5-8-15)13-18(16)23-22(27)24(29)19(25(30)31)14-28(21)23/h11,13-15,21H,5-10,12H2,1-4H3,(H,30,31)/t21-/m0/s1. The molecule has 1 N–H and O–H groups in total. The van der Waals surface area contributed by atoms with Crippen molar-refractivity contribution < 1.29 is 23.8 Å². The molecule has 1 fully saturated rings. The number of carbonyl (C=O) groups is 1. The maximum absolute atomic E-state index is 15.5. The van der Waals surface area contributed by atoms with Crippen molar-refractivity contribution in [2.75, 3.05) is 20.3 Å². The number of benzene rings is 1. The van der Waals surface area contributed by atoms with Crippen molar-refractivity contribution in [1.29, 1.82) is 0 Å². The Labute approximate surface area is 193 Å². The van der Waals surface area contributed by atoms with Crippen LogP contribution in [-0.4, -0.2) is 36.0 Å². The van der Waals surface area contributed by atoms with E-state index in [9.17, 15) is 14.7 Å². The van der Waals surface area contributed by atoms with Gasteiger partial charge in [-0.15, -0.1) is 0 Å². The van der Waals surface area contributed by atoms with Gasteiger partial charge in [-0.3, -0.25) is 4.79 Å². The fourth-order valence-corrected chi connectivity index (χ4v) is 4.86. The normalized spacial score (nSPS) is 17.8. The summed E-state index contributed by atoms with van der Waals surface area (Å²) in [6.45, 7) is 7.25. The molecule has 1 atom stereocenters. The molecule has 0 unspecified atom stereocenters. The summed E-state index contributed by atoms with van der Waals surface area (Å²) >= 11 is 0. The van der Waals surface area contributed by atoms with Gasteiger partial charge in [0.05, 0.1) is 12.3 Å². The molecular weight excluding hydrogens is 425 g/mol. The highest BCUT2D eigenvalue weighted by molar-refractivity contribution is 5.88. The summed E-state index contributed by atoms with van der Waals surface area (Å²) in [5, 5.41) is 9.48. The molecule has 1 aromatic heterocycles. The summed E-state index contributed by atoms with van der Waals surface area (Å²) in [4.78, 5) is 24.2. The molecule has 7 heteroatoms. The van der Waals surface area contributed by atoms with E-state index in [4.69, 9.17) is 9.47 Å². The number of halogens is 1. The Kier molecular flexibility index (Phi) is 6.36. The number of rotatable bonds is 7. The quantitative estimate of drug-likeness (QED) is 0.580. The van der Waals surface area contributed by atoms with Crippen LogP contribution < -0.4 is 10.2 Å². The highest BCUT2D eigenvalue weighted by Crippen LogP contribution is 2.48. The summed E-state index contributed by atoms with van der Waals surface area (Å²) in [6.07, 6.45) is 5.92. The average molecular weight is 458 g/mol. The van der Waals surface area contributed by atoms with E-state index >= 15 is 4.39 Å². The third kappa shape index (κ3) is 4.31. The van der Waals surface area contributed by atoms with Crippen molar-refractivity contribution in [3.63, 3.8) is 0 Å². The molecule has 2 heterocycles. The van der Waals surface area contributed by atoms with Crippen LogP contribution in [0.4, 0.5) is 4.39 Å². The van der Waals surface area contributed by atoms with Gasteiger partial charge in [0.15, 0.2) is 5.82 Å². The molecule has 0 amide bonds. The van der Waals surface area contributed by atoms with E-state index in [1.165, 1.54) is 6.20 Å². The first-order valence-electron chi connectivity index (χ1n) is 11.6. The second-order valence-corrected chi connectivity index (χ2v) is 10.2. The number of aromatic carboxylic acids is 1. The molecule has 0 spiro atoms. The Balaban J connectivity index is 1.90. The van der Waals surface area contributed by atoms with Crippen LogP contribution in [0.1, 0.15) is 79.9 Å². The summed E-state index contributed by atoms with van der Waals surface area (Å²) in [7, 11) is 1.66. The van der Waals surface area contributed by atoms with Crippen molar-refractivity contribution in [3.8, 4) is 17.0 Å². The minimum Gasteiger partial charge on any atom is -0.493 e. The maximum atomic E-state index is 15.5. The number of methoxy groups -OCH3 is 1. The minimum absolute atomic E-state index is 0.178. The van der Waals surface area contributed by atoms with Crippen LogP contribution in [0.5, 0.6) is 5.75 Å². The zero-order valence-corrected chi connectivity index (χ0v) is 19.7. The number of hydrogen-bond donors (Lipinski definition) is 1. The Morgan fingerprint density at radius 2 is 1.97 bits per heavy atom. The lowest BCUT2D eigenvalue weighted by atomic mass is 9.75. The predicted octanol–water partition coefficient (Wildman–Crippen LogP) is 5.18. The summed E-state index contributed by atoms with van der Waals surface area (Å²) in [6, 6.07) is 3.76. The lowest BCUT2D eigenvalue weighted by Crippen LogP contribution is -2.34. The van der Waals surface area contributed by atoms with Crippen LogP contribution in [0.15, 0.2) is 23.1 Å². The third-order valence-corrected chi connectivity index (χ3v) is 6.94. The van der Waals surface area contributed by atoms with E-state index in [0.717, 1.165) is 42.6 Å². The molecule has 1 aliphatic heterocycles. The summed E-state index contributed by atoms with van der Waals surface area (Å²) < 4.78 is 28.5. The Hall–Kier alpha value is -2.67.